The number of carbonyl (C=O) groups excluding carboxylic acids is 1. The van der Waals surface area contributed by atoms with Crippen LogP contribution in [0.15, 0.2) is 35.9 Å². The number of carboxylic acids is 1. The largest absolute Gasteiger partial charge is 0.478 e. The van der Waals surface area contributed by atoms with Gasteiger partial charge in [0.25, 0.3) is 0 Å². The van der Waals surface area contributed by atoms with Crippen molar-refractivity contribution in [1.82, 2.24) is 0 Å². The third-order valence-electron chi connectivity index (χ3n) is 1.82. The highest BCUT2D eigenvalue weighted by molar-refractivity contribution is 6.33. The summed E-state index contributed by atoms with van der Waals surface area (Å²) in [6, 6.07) is 6.71. The number of benzene rings is 1. The second kappa shape index (κ2) is 5.32. The lowest BCUT2D eigenvalue weighted by molar-refractivity contribution is -0.132. The molecule has 0 atom stereocenters. The van der Waals surface area contributed by atoms with Crippen molar-refractivity contribution in [3.05, 3.63) is 40.9 Å². The average molecular weight is 240 g/mol. The lowest BCUT2D eigenvalue weighted by Crippen LogP contribution is -2.11. The van der Waals surface area contributed by atoms with Gasteiger partial charge in [-0.1, -0.05) is 23.7 Å². The highest BCUT2D eigenvalue weighted by Gasteiger charge is 2.06. The lowest BCUT2D eigenvalue weighted by Gasteiger charge is -2.04. The average Bonchev–Trinajstić information content (AvgIpc) is 2.21. The van der Waals surface area contributed by atoms with Crippen molar-refractivity contribution in [1.29, 1.82) is 0 Å². The number of anilines is 1. The Morgan fingerprint density at radius 2 is 2.00 bits per heavy atom. The van der Waals surface area contributed by atoms with Crippen molar-refractivity contribution < 1.29 is 14.7 Å². The number of halogens is 1. The molecule has 0 saturated heterocycles. The molecular weight excluding hydrogens is 230 g/mol. The molecule has 1 amide bonds. The molecule has 0 fully saturated rings. The van der Waals surface area contributed by atoms with Gasteiger partial charge in [-0.2, -0.15) is 0 Å². The van der Waals surface area contributed by atoms with E-state index in [4.69, 9.17) is 16.7 Å². The van der Waals surface area contributed by atoms with E-state index in [1.54, 1.807) is 24.3 Å². The van der Waals surface area contributed by atoms with E-state index in [1.807, 2.05) is 0 Å². The van der Waals surface area contributed by atoms with Crippen molar-refractivity contribution in [2.75, 3.05) is 5.32 Å². The molecule has 0 spiro atoms. The van der Waals surface area contributed by atoms with Gasteiger partial charge in [0.05, 0.1) is 10.7 Å². The molecule has 0 heterocycles. The lowest BCUT2D eigenvalue weighted by atomic mass is 10.2. The molecule has 0 bridgehead atoms. The Kier molecular flexibility index (Phi) is 4.08. The van der Waals surface area contributed by atoms with Crippen LogP contribution >= 0.6 is 11.6 Å². The van der Waals surface area contributed by atoms with Gasteiger partial charge in [0.15, 0.2) is 0 Å². The van der Waals surface area contributed by atoms with E-state index in [9.17, 15) is 9.59 Å². The van der Waals surface area contributed by atoms with Crippen LogP contribution in [-0.4, -0.2) is 17.0 Å². The van der Waals surface area contributed by atoms with Crippen LogP contribution in [0.3, 0.4) is 0 Å². The number of amides is 1. The number of nitrogens with one attached hydrogen (secondary N) is 1. The second-order valence-corrected chi connectivity index (χ2v) is 3.51. The summed E-state index contributed by atoms with van der Waals surface area (Å²) in [5.74, 6) is -1.65. The molecule has 5 heteroatoms. The van der Waals surface area contributed by atoms with Crippen LogP contribution in [-0.2, 0) is 9.59 Å². The van der Waals surface area contributed by atoms with Crippen LogP contribution in [0.4, 0.5) is 5.69 Å². The number of carbonyl (C=O) groups is 2. The molecule has 2 N–H and O–H groups in total. The van der Waals surface area contributed by atoms with E-state index in [2.05, 4.69) is 5.32 Å². The molecule has 84 valence electrons. The van der Waals surface area contributed by atoms with Crippen LogP contribution in [0.5, 0.6) is 0 Å². The zero-order chi connectivity index (χ0) is 12.1. The molecule has 0 unspecified atom stereocenters. The topological polar surface area (TPSA) is 66.4 Å². The highest BCUT2D eigenvalue weighted by atomic mass is 35.5. The number of carboxylic acid groups (broad SMARTS) is 1. The van der Waals surface area contributed by atoms with Gasteiger partial charge in [0.2, 0.25) is 5.91 Å². The summed E-state index contributed by atoms with van der Waals surface area (Å²) in [7, 11) is 0. The third-order valence-corrected chi connectivity index (χ3v) is 2.15. The van der Waals surface area contributed by atoms with E-state index in [0.29, 0.717) is 10.7 Å². The van der Waals surface area contributed by atoms with Crippen LogP contribution in [0.1, 0.15) is 6.92 Å². The normalized spacial score (nSPS) is 11.0. The predicted octanol–water partition coefficient (Wildman–Crippen LogP) is 2.31. The Bertz CT molecular complexity index is 454. The maximum atomic E-state index is 11.4. The van der Waals surface area contributed by atoms with Gasteiger partial charge < -0.3 is 10.4 Å². The first-order chi connectivity index (χ1) is 7.50. The summed E-state index contributed by atoms with van der Waals surface area (Å²) >= 11 is 5.82. The van der Waals surface area contributed by atoms with Gasteiger partial charge in [-0.3, -0.25) is 4.79 Å². The van der Waals surface area contributed by atoms with Crippen LogP contribution < -0.4 is 5.32 Å². The molecule has 0 aliphatic rings. The van der Waals surface area contributed by atoms with E-state index >= 15 is 0 Å². The summed E-state index contributed by atoms with van der Waals surface area (Å²) in [6.45, 7) is 1.34. The van der Waals surface area contributed by atoms with E-state index in [-0.39, 0.29) is 5.57 Å². The Labute approximate surface area is 97.5 Å². The molecule has 0 radical (unpaired) electrons. The minimum Gasteiger partial charge on any atom is -0.478 e. The molecule has 0 saturated carbocycles. The molecule has 4 nitrogen and oxygen atoms in total. The van der Waals surface area contributed by atoms with Crippen molar-refractivity contribution in [2.45, 2.75) is 6.92 Å². The monoisotopic (exact) mass is 239 g/mol. The zero-order valence-corrected chi connectivity index (χ0v) is 9.28. The van der Waals surface area contributed by atoms with E-state index < -0.39 is 11.9 Å². The Morgan fingerprint density at radius 3 is 2.56 bits per heavy atom. The first-order valence-corrected chi connectivity index (χ1v) is 4.85. The first-order valence-electron chi connectivity index (χ1n) is 4.48. The number of hydrogen-bond donors (Lipinski definition) is 2. The summed E-state index contributed by atoms with van der Waals surface area (Å²) in [6.07, 6.45) is 1.01. The third kappa shape index (κ3) is 3.40. The number of hydrogen-bond acceptors (Lipinski definition) is 2. The van der Waals surface area contributed by atoms with Gasteiger partial charge in [0, 0.05) is 11.6 Å². The van der Waals surface area contributed by atoms with Crippen molar-refractivity contribution >= 4 is 29.2 Å². The molecular formula is C11H10ClNO3. The highest BCUT2D eigenvalue weighted by Crippen LogP contribution is 2.20. The quantitative estimate of drug-likeness (QED) is 0.796. The van der Waals surface area contributed by atoms with Gasteiger partial charge in [0.1, 0.15) is 0 Å². The smallest absolute Gasteiger partial charge is 0.331 e. The maximum absolute atomic E-state index is 11.4. The summed E-state index contributed by atoms with van der Waals surface area (Å²) < 4.78 is 0. The van der Waals surface area contributed by atoms with Crippen molar-refractivity contribution in [2.24, 2.45) is 0 Å². The van der Waals surface area contributed by atoms with Crippen molar-refractivity contribution in [3.63, 3.8) is 0 Å². The minimum atomic E-state index is -1.13. The molecule has 16 heavy (non-hydrogen) atoms. The Balaban J connectivity index is 2.77. The Hall–Kier alpha value is -1.81. The SMILES string of the molecule is C/C(=C\C(=O)Nc1ccccc1Cl)C(=O)O. The van der Waals surface area contributed by atoms with E-state index in [1.165, 1.54) is 6.92 Å². The van der Waals surface area contributed by atoms with Gasteiger partial charge in [-0.15, -0.1) is 0 Å². The molecule has 1 aromatic carbocycles. The van der Waals surface area contributed by atoms with Crippen LogP contribution in [0.2, 0.25) is 5.02 Å². The zero-order valence-electron chi connectivity index (χ0n) is 8.53. The number of aliphatic carboxylic acids is 1. The van der Waals surface area contributed by atoms with Crippen LogP contribution in [0, 0.1) is 0 Å². The van der Waals surface area contributed by atoms with Gasteiger partial charge >= 0.3 is 5.97 Å². The molecule has 0 aliphatic carbocycles. The fourth-order valence-electron chi connectivity index (χ4n) is 0.990. The molecule has 0 aliphatic heterocycles. The molecule has 0 aromatic heterocycles. The predicted molar refractivity (Wildman–Crippen MR) is 61.5 cm³/mol. The number of rotatable bonds is 3. The summed E-state index contributed by atoms with van der Waals surface area (Å²) in [5.41, 5.74) is 0.410. The van der Waals surface area contributed by atoms with Gasteiger partial charge in [-0.25, -0.2) is 4.79 Å². The molecule has 1 aromatic rings. The van der Waals surface area contributed by atoms with Crippen LogP contribution in [0.25, 0.3) is 0 Å². The van der Waals surface area contributed by atoms with Crippen molar-refractivity contribution in [3.8, 4) is 0 Å². The second-order valence-electron chi connectivity index (χ2n) is 3.10. The van der Waals surface area contributed by atoms with Gasteiger partial charge in [-0.05, 0) is 19.1 Å². The first kappa shape index (κ1) is 12.3. The maximum Gasteiger partial charge on any atom is 0.331 e. The fourth-order valence-corrected chi connectivity index (χ4v) is 1.17. The number of para-hydroxylation sites is 1. The summed E-state index contributed by atoms with van der Waals surface area (Å²) in [4.78, 5) is 21.8. The fraction of sp³-hybridized carbons (Fsp3) is 0.0909. The standard InChI is InChI=1S/C11H10ClNO3/c1-7(11(15)16)6-10(14)13-9-5-3-2-4-8(9)12/h2-6H,1H3,(H,13,14)(H,15,16)/b7-6+. The summed E-state index contributed by atoms with van der Waals surface area (Å²) in [5, 5.41) is 11.5. The Morgan fingerprint density at radius 1 is 1.38 bits per heavy atom. The minimum absolute atomic E-state index is 0.0375. The molecule has 1 rings (SSSR count). The van der Waals surface area contributed by atoms with E-state index in [0.717, 1.165) is 6.08 Å².